The lowest BCUT2D eigenvalue weighted by Gasteiger charge is -2.17. The van der Waals surface area contributed by atoms with Crippen molar-refractivity contribution in [1.82, 2.24) is 25.4 Å². The molecular formula is C21H33IN6O. The van der Waals surface area contributed by atoms with Crippen molar-refractivity contribution in [3.05, 3.63) is 41.0 Å². The van der Waals surface area contributed by atoms with Gasteiger partial charge >= 0.3 is 0 Å². The zero-order valence-corrected chi connectivity index (χ0v) is 20.2. The first-order valence-corrected chi connectivity index (χ1v) is 10.2. The Morgan fingerprint density at radius 2 is 1.97 bits per heavy atom. The fourth-order valence-electron chi connectivity index (χ4n) is 3.41. The number of aromatic nitrogens is 3. The molecule has 7 nitrogen and oxygen atoms in total. The number of hydrogen-bond acceptors (Lipinski definition) is 4. The largest absolute Gasteiger partial charge is 0.491 e. The molecule has 2 N–H and O–H groups in total. The Labute approximate surface area is 190 Å². The molecule has 0 fully saturated rings. The van der Waals surface area contributed by atoms with Crippen LogP contribution in [0.15, 0.2) is 23.2 Å². The van der Waals surface area contributed by atoms with Crippen LogP contribution in [0.2, 0.25) is 0 Å². The summed E-state index contributed by atoms with van der Waals surface area (Å²) in [5, 5.41) is 15.5. The van der Waals surface area contributed by atoms with E-state index in [1.165, 1.54) is 24.8 Å². The Morgan fingerprint density at radius 1 is 1.17 bits per heavy atom. The van der Waals surface area contributed by atoms with Crippen molar-refractivity contribution in [2.75, 3.05) is 7.05 Å². The molecule has 8 heteroatoms. The lowest BCUT2D eigenvalue weighted by atomic mass is 10.1. The zero-order valence-electron chi connectivity index (χ0n) is 17.9. The fraction of sp³-hybridized carbons (Fsp3) is 0.571. The van der Waals surface area contributed by atoms with Crippen molar-refractivity contribution >= 4 is 29.9 Å². The molecule has 160 valence electrons. The number of ether oxygens (including phenoxy) is 1. The molecule has 0 atom stereocenters. The van der Waals surface area contributed by atoms with Gasteiger partial charge in [-0.25, -0.2) is 0 Å². The highest BCUT2D eigenvalue weighted by atomic mass is 127. The minimum atomic E-state index is 0. The van der Waals surface area contributed by atoms with Gasteiger partial charge in [0.2, 0.25) is 0 Å². The second kappa shape index (κ2) is 11.4. The van der Waals surface area contributed by atoms with Crippen molar-refractivity contribution in [2.45, 2.75) is 72.2 Å². The minimum Gasteiger partial charge on any atom is -0.491 e. The van der Waals surface area contributed by atoms with Crippen LogP contribution in [0.1, 0.15) is 55.9 Å². The molecule has 3 rings (SSSR count). The lowest BCUT2D eigenvalue weighted by Crippen LogP contribution is -2.37. The van der Waals surface area contributed by atoms with E-state index in [-0.39, 0.29) is 30.1 Å². The molecule has 1 aromatic heterocycles. The molecule has 0 spiro atoms. The van der Waals surface area contributed by atoms with E-state index in [9.17, 15) is 0 Å². The number of nitrogens with one attached hydrogen (secondary N) is 2. The first-order chi connectivity index (χ1) is 13.6. The summed E-state index contributed by atoms with van der Waals surface area (Å²) in [6.07, 6.45) is 4.81. The quantitative estimate of drug-likeness (QED) is 0.352. The Balaban J connectivity index is 0.00000300. The van der Waals surface area contributed by atoms with Crippen LogP contribution >= 0.6 is 24.0 Å². The molecule has 1 aliphatic heterocycles. The molecular weight excluding hydrogens is 479 g/mol. The van der Waals surface area contributed by atoms with Crippen molar-refractivity contribution in [1.29, 1.82) is 0 Å². The summed E-state index contributed by atoms with van der Waals surface area (Å²) in [5.74, 6) is 3.73. The Kier molecular flexibility index (Phi) is 9.19. The second-order valence-electron chi connectivity index (χ2n) is 7.55. The number of halogens is 1. The number of nitrogens with zero attached hydrogens (tertiary/aromatic N) is 4. The summed E-state index contributed by atoms with van der Waals surface area (Å²) in [5.41, 5.74) is 2.30. The Morgan fingerprint density at radius 3 is 2.72 bits per heavy atom. The van der Waals surface area contributed by atoms with Crippen LogP contribution in [0, 0.1) is 6.92 Å². The molecule has 1 aliphatic rings. The van der Waals surface area contributed by atoms with Gasteiger partial charge in [0.05, 0.1) is 12.6 Å². The topological polar surface area (TPSA) is 76.4 Å². The van der Waals surface area contributed by atoms with E-state index in [2.05, 4.69) is 55.5 Å². The van der Waals surface area contributed by atoms with Crippen molar-refractivity contribution in [3.63, 3.8) is 0 Å². The Hall–Kier alpha value is -1.84. The van der Waals surface area contributed by atoms with Gasteiger partial charge in [-0.05, 0) is 45.2 Å². The average molecular weight is 512 g/mol. The van der Waals surface area contributed by atoms with Crippen LogP contribution in [0.3, 0.4) is 0 Å². The van der Waals surface area contributed by atoms with E-state index in [1.807, 2.05) is 13.8 Å². The normalized spacial score (nSPS) is 14.0. The van der Waals surface area contributed by atoms with Gasteiger partial charge in [-0.15, -0.1) is 34.2 Å². The predicted molar refractivity (Wildman–Crippen MR) is 127 cm³/mol. The number of guanidine groups is 1. The van der Waals surface area contributed by atoms with Crippen molar-refractivity contribution in [2.24, 2.45) is 4.99 Å². The van der Waals surface area contributed by atoms with Gasteiger partial charge < -0.3 is 19.9 Å². The number of fused-ring (bicyclic) bond motifs is 1. The predicted octanol–water partition coefficient (Wildman–Crippen LogP) is 3.58. The molecule has 0 unspecified atom stereocenters. The van der Waals surface area contributed by atoms with E-state index in [0.29, 0.717) is 13.1 Å². The molecule has 0 saturated carbocycles. The van der Waals surface area contributed by atoms with E-state index in [4.69, 9.17) is 4.74 Å². The molecule has 0 amide bonds. The molecule has 2 heterocycles. The highest BCUT2D eigenvalue weighted by Gasteiger charge is 2.15. The third-order valence-corrected chi connectivity index (χ3v) is 4.86. The average Bonchev–Trinajstić information content (AvgIpc) is 2.89. The molecule has 0 aliphatic carbocycles. The van der Waals surface area contributed by atoms with E-state index in [1.54, 1.807) is 7.05 Å². The van der Waals surface area contributed by atoms with Crippen molar-refractivity contribution < 1.29 is 4.74 Å². The van der Waals surface area contributed by atoms with E-state index < -0.39 is 0 Å². The van der Waals surface area contributed by atoms with Gasteiger partial charge in [0.25, 0.3) is 0 Å². The van der Waals surface area contributed by atoms with Crippen LogP contribution in [-0.2, 0) is 26.1 Å². The van der Waals surface area contributed by atoms with Crippen molar-refractivity contribution in [3.8, 4) is 5.75 Å². The second-order valence-corrected chi connectivity index (χ2v) is 7.55. The lowest BCUT2D eigenvalue weighted by molar-refractivity contribution is 0.239. The summed E-state index contributed by atoms with van der Waals surface area (Å²) in [6, 6.07) is 6.29. The van der Waals surface area contributed by atoms with Crippen LogP contribution in [0.5, 0.6) is 5.75 Å². The summed E-state index contributed by atoms with van der Waals surface area (Å²) >= 11 is 0. The van der Waals surface area contributed by atoms with Crippen LogP contribution in [-0.4, -0.2) is 33.9 Å². The molecule has 2 aromatic rings. The van der Waals surface area contributed by atoms with Gasteiger partial charge in [0.15, 0.2) is 11.8 Å². The highest BCUT2D eigenvalue weighted by Crippen LogP contribution is 2.21. The SMILES string of the molecule is CN=C(NCc1ccc(C)cc1OC(C)C)NCc1nnc2n1CCCCC2.I. The fourth-order valence-corrected chi connectivity index (χ4v) is 3.41. The van der Waals surface area contributed by atoms with Gasteiger partial charge in [0.1, 0.15) is 11.6 Å². The zero-order chi connectivity index (χ0) is 19.9. The Bertz CT molecular complexity index is 817. The highest BCUT2D eigenvalue weighted by molar-refractivity contribution is 14.0. The summed E-state index contributed by atoms with van der Waals surface area (Å²) in [6.45, 7) is 8.41. The smallest absolute Gasteiger partial charge is 0.191 e. The standard InChI is InChI=1S/C21H32N6O.HI/c1-15(2)28-18-12-16(3)9-10-17(18)13-23-21(22-4)24-14-20-26-25-19-8-6-5-7-11-27(19)20;/h9-10,12,15H,5-8,11,13-14H2,1-4H3,(H2,22,23,24);1H. The number of aliphatic imine (C=N–C) groups is 1. The molecule has 0 bridgehead atoms. The number of benzene rings is 1. The maximum Gasteiger partial charge on any atom is 0.191 e. The van der Waals surface area contributed by atoms with E-state index >= 15 is 0 Å². The number of aryl methyl sites for hydroxylation is 2. The first-order valence-electron chi connectivity index (χ1n) is 10.2. The monoisotopic (exact) mass is 512 g/mol. The minimum absolute atomic E-state index is 0. The van der Waals surface area contributed by atoms with Crippen LogP contribution < -0.4 is 15.4 Å². The summed E-state index contributed by atoms with van der Waals surface area (Å²) < 4.78 is 8.21. The number of hydrogen-bond donors (Lipinski definition) is 2. The van der Waals surface area contributed by atoms with Gasteiger partial charge in [-0.3, -0.25) is 4.99 Å². The number of rotatable bonds is 6. The summed E-state index contributed by atoms with van der Waals surface area (Å²) in [7, 11) is 1.78. The van der Waals surface area contributed by atoms with Crippen LogP contribution in [0.4, 0.5) is 0 Å². The molecule has 0 saturated heterocycles. The molecule has 29 heavy (non-hydrogen) atoms. The summed E-state index contributed by atoms with van der Waals surface area (Å²) in [4.78, 5) is 4.34. The van der Waals surface area contributed by atoms with E-state index in [0.717, 1.165) is 41.9 Å². The van der Waals surface area contributed by atoms with Crippen LogP contribution in [0.25, 0.3) is 0 Å². The molecule has 0 radical (unpaired) electrons. The van der Waals surface area contributed by atoms with Gasteiger partial charge in [0, 0.05) is 32.1 Å². The molecule has 1 aromatic carbocycles. The maximum absolute atomic E-state index is 5.96. The van der Waals surface area contributed by atoms with Gasteiger partial charge in [-0.1, -0.05) is 18.6 Å². The maximum atomic E-state index is 5.96. The van der Waals surface area contributed by atoms with Gasteiger partial charge in [-0.2, -0.15) is 0 Å². The first kappa shape index (κ1) is 23.4. The third-order valence-electron chi connectivity index (χ3n) is 4.86. The third kappa shape index (κ3) is 6.58.